The van der Waals surface area contributed by atoms with E-state index in [1.165, 1.54) is 0 Å². The first-order valence-electron chi connectivity index (χ1n) is 7.00. The Bertz CT molecular complexity index is 624. The molecule has 1 unspecified atom stereocenters. The maximum Gasteiger partial charge on any atom is 0.216 e. The first-order chi connectivity index (χ1) is 9.79. The monoisotopic (exact) mass is 308 g/mol. The fourth-order valence-corrected chi connectivity index (χ4v) is 3.55. The predicted molar refractivity (Wildman–Crippen MR) is 86.2 cm³/mol. The highest BCUT2D eigenvalue weighted by Gasteiger charge is 2.27. The van der Waals surface area contributed by atoms with Gasteiger partial charge in [-0.3, -0.25) is 0 Å². The Morgan fingerprint density at radius 1 is 1.38 bits per heavy atom. The van der Waals surface area contributed by atoms with Crippen molar-refractivity contribution in [3.63, 3.8) is 0 Å². The van der Waals surface area contributed by atoms with Crippen LogP contribution in [0.1, 0.15) is 48.8 Å². The second-order valence-corrected chi connectivity index (χ2v) is 7.06. The van der Waals surface area contributed by atoms with Gasteiger partial charge in [0.15, 0.2) is 0 Å². The number of methoxy groups -OCH3 is 1. The van der Waals surface area contributed by atoms with Crippen LogP contribution in [0.4, 0.5) is 0 Å². The zero-order valence-electron chi connectivity index (χ0n) is 13.8. The first-order valence-corrected chi connectivity index (χ1v) is 7.88. The summed E-state index contributed by atoms with van der Waals surface area (Å²) in [7, 11) is 5.51. The average Bonchev–Trinajstić information content (AvgIpc) is 2.96. The van der Waals surface area contributed by atoms with Gasteiger partial charge >= 0.3 is 0 Å². The van der Waals surface area contributed by atoms with Crippen LogP contribution in [0.5, 0.6) is 5.88 Å². The molecule has 0 amide bonds. The number of hydrogen-bond acceptors (Lipinski definition) is 5. The quantitative estimate of drug-likeness (QED) is 0.943. The summed E-state index contributed by atoms with van der Waals surface area (Å²) in [4.78, 5) is 4.82. The van der Waals surface area contributed by atoms with E-state index in [2.05, 4.69) is 36.6 Å². The van der Waals surface area contributed by atoms with E-state index in [4.69, 9.17) is 9.72 Å². The molecule has 0 saturated heterocycles. The van der Waals surface area contributed by atoms with Gasteiger partial charge in [-0.15, -0.1) is 11.3 Å². The lowest BCUT2D eigenvalue weighted by Gasteiger charge is -2.17. The Morgan fingerprint density at radius 3 is 2.52 bits per heavy atom. The third kappa shape index (κ3) is 2.96. The van der Waals surface area contributed by atoms with Crippen LogP contribution in [0.2, 0.25) is 0 Å². The molecule has 0 fully saturated rings. The summed E-state index contributed by atoms with van der Waals surface area (Å²) in [5.41, 5.74) is 3.18. The standard InChI is InChI=1S/C15H24N4OS/c1-9-11(14(20-7)19(6)18-9)12(16-5)13-17-10(8-21-13)15(2,3)4/h8,12,16H,1-7H3. The molecule has 0 aromatic carbocycles. The second kappa shape index (κ2) is 5.77. The fraction of sp³-hybridized carbons (Fsp3) is 0.600. The second-order valence-electron chi connectivity index (χ2n) is 6.17. The Labute approximate surface area is 130 Å². The van der Waals surface area contributed by atoms with Crippen molar-refractivity contribution in [3.8, 4) is 5.88 Å². The molecular weight excluding hydrogens is 284 g/mol. The molecule has 0 spiro atoms. The molecule has 2 heterocycles. The first kappa shape index (κ1) is 16.0. The average molecular weight is 308 g/mol. The molecule has 2 aromatic heterocycles. The van der Waals surface area contributed by atoms with Crippen molar-refractivity contribution in [2.24, 2.45) is 7.05 Å². The summed E-state index contributed by atoms with van der Waals surface area (Å²) >= 11 is 1.67. The Morgan fingerprint density at radius 2 is 2.05 bits per heavy atom. The summed E-state index contributed by atoms with van der Waals surface area (Å²) < 4.78 is 7.28. The third-order valence-corrected chi connectivity index (χ3v) is 4.43. The highest BCUT2D eigenvalue weighted by atomic mass is 32.1. The van der Waals surface area contributed by atoms with Crippen molar-refractivity contribution in [2.75, 3.05) is 14.2 Å². The molecule has 0 aliphatic rings. The number of ether oxygens (including phenoxy) is 1. The summed E-state index contributed by atoms with van der Waals surface area (Å²) in [6, 6.07) is -0.00486. The van der Waals surface area contributed by atoms with Crippen LogP contribution in [-0.4, -0.2) is 28.9 Å². The van der Waals surface area contributed by atoms with E-state index in [0.29, 0.717) is 0 Å². The van der Waals surface area contributed by atoms with Gasteiger partial charge in [0.2, 0.25) is 5.88 Å². The van der Waals surface area contributed by atoms with Crippen molar-refractivity contribution in [1.82, 2.24) is 20.1 Å². The molecule has 21 heavy (non-hydrogen) atoms. The van der Waals surface area contributed by atoms with Gasteiger partial charge in [0.05, 0.1) is 30.1 Å². The molecule has 5 nitrogen and oxygen atoms in total. The zero-order valence-corrected chi connectivity index (χ0v) is 14.6. The molecule has 2 rings (SSSR count). The number of nitrogens with one attached hydrogen (secondary N) is 1. The van der Waals surface area contributed by atoms with Crippen LogP contribution >= 0.6 is 11.3 Å². The van der Waals surface area contributed by atoms with Crippen LogP contribution in [0.25, 0.3) is 0 Å². The van der Waals surface area contributed by atoms with Crippen LogP contribution in [0, 0.1) is 6.92 Å². The van der Waals surface area contributed by atoms with Gasteiger partial charge in [-0.1, -0.05) is 20.8 Å². The van der Waals surface area contributed by atoms with E-state index >= 15 is 0 Å². The largest absolute Gasteiger partial charge is 0.481 e. The van der Waals surface area contributed by atoms with Crippen LogP contribution in [0.15, 0.2) is 5.38 Å². The topological polar surface area (TPSA) is 52.0 Å². The van der Waals surface area contributed by atoms with Crippen molar-refractivity contribution >= 4 is 11.3 Å². The third-order valence-electron chi connectivity index (χ3n) is 3.52. The van der Waals surface area contributed by atoms with Crippen LogP contribution < -0.4 is 10.1 Å². The zero-order chi connectivity index (χ0) is 15.8. The smallest absolute Gasteiger partial charge is 0.216 e. The fourth-order valence-electron chi connectivity index (χ4n) is 2.38. The number of nitrogens with zero attached hydrogens (tertiary/aromatic N) is 3. The maximum atomic E-state index is 5.51. The number of rotatable bonds is 4. The molecule has 1 atom stereocenters. The van der Waals surface area contributed by atoms with Crippen LogP contribution in [0.3, 0.4) is 0 Å². The molecule has 116 valence electrons. The highest BCUT2D eigenvalue weighted by molar-refractivity contribution is 7.09. The van der Waals surface area contributed by atoms with Gasteiger partial charge in [0, 0.05) is 17.8 Å². The SMILES string of the molecule is CNC(c1nc(C(C)(C)C)cs1)c1c(C)nn(C)c1OC. The van der Waals surface area contributed by atoms with E-state index in [1.807, 2.05) is 21.0 Å². The van der Waals surface area contributed by atoms with Gasteiger partial charge in [0.25, 0.3) is 0 Å². The Hall–Kier alpha value is -1.40. The number of thiazole rings is 1. The van der Waals surface area contributed by atoms with Crippen molar-refractivity contribution < 1.29 is 4.74 Å². The summed E-state index contributed by atoms with van der Waals surface area (Å²) in [5, 5.41) is 11.0. The summed E-state index contributed by atoms with van der Waals surface area (Å²) in [6.07, 6.45) is 0. The maximum absolute atomic E-state index is 5.51. The lowest BCUT2D eigenvalue weighted by Crippen LogP contribution is -2.20. The highest BCUT2D eigenvalue weighted by Crippen LogP contribution is 2.35. The van der Waals surface area contributed by atoms with Crippen LogP contribution in [-0.2, 0) is 12.5 Å². The van der Waals surface area contributed by atoms with Crippen molar-refractivity contribution in [1.29, 1.82) is 0 Å². The lowest BCUT2D eigenvalue weighted by molar-refractivity contribution is 0.366. The van der Waals surface area contributed by atoms with E-state index in [1.54, 1.807) is 23.1 Å². The van der Waals surface area contributed by atoms with E-state index in [9.17, 15) is 0 Å². The molecule has 0 radical (unpaired) electrons. The molecule has 0 saturated carbocycles. The Balaban J connectivity index is 2.48. The van der Waals surface area contributed by atoms with Crippen molar-refractivity contribution in [2.45, 2.75) is 39.2 Å². The molecule has 0 aliphatic carbocycles. The molecular formula is C15H24N4OS. The number of hydrogen-bond donors (Lipinski definition) is 1. The van der Waals surface area contributed by atoms with Gasteiger partial charge in [-0.2, -0.15) is 5.10 Å². The normalized spacial score (nSPS) is 13.5. The molecule has 1 N–H and O–H groups in total. The van der Waals surface area contributed by atoms with E-state index in [-0.39, 0.29) is 11.5 Å². The molecule has 0 bridgehead atoms. The van der Waals surface area contributed by atoms with E-state index < -0.39 is 0 Å². The van der Waals surface area contributed by atoms with Gasteiger partial charge in [-0.25, -0.2) is 9.67 Å². The number of aromatic nitrogens is 3. The predicted octanol–water partition coefficient (Wildman–Crippen LogP) is 2.80. The lowest BCUT2D eigenvalue weighted by atomic mass is 9.93. The Kier molecular flexibility index (Phi) is 4.39. The summed E-state index contributed by atoms with van der Waals surface area (Å²) in [6.45, 7) is 8.53. The molecule has 0 aliphatic heterocycles. The number of aryl methyl sites for hydroxylation is 2. The minimum Gasteiger partial charge on any atom is -0.481 e. The van der Waals surface area contributed by atoms with Gasteiger partial charge in [-0.05, 0) is 14.0 Å². The van der Waals surface area contributed by atoms with Gasteiger partial charge in [0.1, 0.15) is 5.01 Å². The van der Waals surface area contributed by atoms with Gasteiger partial charge < -0.3 is 10.1 Å². The minimum absolute atomic E-state index is 0.00486. The molecule has 2 aromatic rings. The summed E-state index contributed by atoms with van der Waals surface area (Å²) in [5.74, 6) is 0.777. The molecule has 6 heteroatoms. The van der Waals surface area contributed by atoms with Crippen molar-refractivity contribution in [3.05, 3.63) is 27.3 Å². The van der Waals surface area contributed by atoms with E-state index in [0.717, 1.165) is 27.8 Å². The minimum atomic E-state index is -0.00486.